The van der Waals surface area contributed by atoms with Gasteiger partial charge in [0.25, 0.3) is 0 Å². The van der Waals surface area contributed by atoms with Gasteiger partial charge in [0.1, 0.15) is 0 Å². The first-order chi connectivity index (χ1) is 8.37. The van der Waals surface area contributed by atoms with E-state index in [9.17, 15) is 4.79 Å². The summed E-state index contributed by atoms with van der Waals surface area (Å²) in [6.07, 6.45) is 4.09. The lowest BCUT2D eigenvalue weighted by Gasteiger charge is -2.15. The van der Waals surface area contributed by atoms with Gasteiger partial charge < -0.3 is 0 Å². The molecule has 1 aromatic heterocycles. The molecule has 1 atom stereocenters. The van der Waals surface area contributed by atoms with E-state index in [-0.39, 0.29) is 9.14 Å². The molecule has 0 spiro atoms. The maximum Gasteiger partial charge on any atom is 0.246 e. The number of rotatable bonds is 4. The number of hydrogen-bond acceptors (Lipinski definition) is 3. The largest absolute Gasteiger partial charge is 0.299 e. The highest BCUT2D eigenvalue weighted by Crippen LogP contribution is 2.66. The average molecular weight is 375 g/mol. The molecule has 1 aromatic rings. The highest BCUT2D eigenvalue weighted by molar-refractivity contribution is 9.25. The van der Waals surface area contributed by atoms with E-state index in [0.717, 1.165) is 12.0 Å². The second-order valence-electron chi connectivity index (χ2n) is 4.51. The van der Waals surface area contributed by atoms with E-state index in [2.05, 4.69) is 54.3 Å². The fourth-order valence-electron chi connectivity index (χ4n) is 1.54. The van der Waals surface area contributed by atoms with Crippen molar-refractivity contribution in [3.8, 4) is 0 Å². The first-order valence-electron chi connectivity index (χ1n) is 5.40. The standard InChI is InChI=1S/C12H13Br2N3O/c1-8(9-3-5-15-6-4-9)16-17-10(18)11(2)7-12(11,13)14/h3-6,16H,1,7H2,2H3,(H,17,18)/t11-/m1/s1. The second-order valence-corrected chi connectivity index (χ2v) is 8.28. The third kappa shape index (κ3) is 2.44. The van der Waals surface area contributed by atoms with Gasteiger partial charge in [-0.25, -0.2) is 0 Å². The van der Waals surface area contributed by atoms with Crippen LogP contribution in [0.3, 0.4) is 0 Å². The molecule has 1 heterocycles. The van der Waals surface area contributed by atoms with Crippen molar-refractivity contribution >= 4 is 43.5 Å². The van der Waals surface area contributed by atoms with Gasteiger partial charge in [0.05, 0.1) is 14.3 Å². The maximum atomic E-state index is 12.0. The van der Waals surface area contributed by atoms with Crippen LogP contribution in [0.15, 0.2) is 31.1 Å². The zero-order valence-electron chi connectivity index (χ0n) is 9.84. The number of hydrogen-bond donors (Lipinski definition) is 2. The van der Waals surface area contributed by atoms with Crippen molar-refractivity contribution in [3.05, 3.63) is 36.7 Å². The Labute approximate surface area is 122 Å². The molecule has 96 valence electrons. The van der Waals surface area contributed by atoms with Crippen molar-refractivity contribution in [2.45, 2.75) is 16.6 Å². The molecule has 0 unspecified atom stereocenters. The Morgan fingerprint density at radius 1 is 1.39 bits per heavy atom. The van der Waals surface area contributed by atoms with Crippen LogP contribution in [0.5, 0.6) is 0 Å². The first kappa shape index (κ1) is 13.5. The molecule has 0 aliphatic heterocycles. The Balaban J connectivity index is 1.90. The van der Waals surface area contributed by atoms with Crippen LogP contribution in [0.25, 0.3) is 5.70 Å². The molecule has 4 nitrogen and oxygen atoms in total. The van der Waals surface area contributed by atoms with Gasteiger partial charge >= 0.3 is 0 Å². The summed E-state index contributed by atoms with van der Waals surface area (Å²) in [5, 5.41) is 0. The Bertz CT molecular complexity index is 489. The fourth-order valence-corrected chi connectivity index (χ4v) is 3.02. The van der Waals surface area contributed by atoms with E-state index in [1.807, 2.05) is 19.1 Å². The van der Waals surface area contributed by atoms with E-state index in [4.69, 9.17) is 0 Å². The summed E-state index contributed by atoms with van der Waals surface area (Å²) >= 11 is 6.92. The molecular weight excluding hydrogens is 362 g/mol. The van der Waals surface area contributed by atoms with E-state index < -0.39 is 5.41 Å². The quantitative estimate of drug-likeness (QED) is 0.629. The summed E-state index contributed by atoms with van der Waals surface area (Å²) in [7, 11) is 0. The normalized spacial score (nSPS) is 24.2. The van der Waals surface area contributed by atoms with Gasteiger partial charge in [-0.2, -0.15) is 0 Å². The zero-order chi connectivity index (χ0) is 13.4. The van der Waals surface area contributed by atoms with Gasteiger partial charge in [-0.3, -0.25) is 20.6 Å². The van der Waals surface area contributed by atoms with Crippen LogP contribution in [0.2, 0.25) is 0 Å². The number of alkyl halides is 2. The van der Waals surface area contributed by atoms with Crippen LogP contribution in [-0.4, -0.2) is 14.1 Å². The molecule has 1 aliphatic carbocycles. The molecule has 2 rings (SSSR count). The minimum Gasteiger partial charge on any atom is -0.299 e. The van der Waals surface area contributed by atoms with Crippen molar-refractivity contribution in [2.24, 2.45) is 5.41 Å². The zero-order valence-corrected chi connectivity index (χ0v) is 13.0. The summed E-state index contributed by atoms with van der Waals surface area (Å²) in [5.74, 6) is -0.0774. The molecule has 1 amide bonds. The lowest BCUT2D eigenvalue weighted by atomic mass is 10.1. The lowest BCUT2D eigenvalue weighted by molar-refractivity contribution is -0.126. The first-order valence-corrected chi connectivity index (χ1v) is 6.99. The SMILES string of the molecule is C=C(NNC(=O)[C@@]1(C)CC1(Br)Br)c1ccncc1. The molecule has 0 saturated heterocycles. The fraction of sp³-hybridized carbons (Fsp3) is 0.333. The van der Waals surface area contributed by atoms with Crippen LogP contribution < -0.4 is 10.9 Å². The average Bonchev–Trinajstić information content (AvgIpc) is 2.87. The van der Waals surface area contributed by atoms with Gasteiger partial charge in [-0.05, 0) is 25.5 Å². The third-order valence-electron chi connectivity index (χ3n) is 3.11. The van der Waals surface area contributed by atoms with Crippen LogP contribution in [0.4, 0.5) is 0 Å². The van der Waals surface area contributed by atoms with Crippen LogP contribution in [0, 0.1) is 5.41 Å². The number of nitrogens with one attached hydrogen (secondary N) is 2. The molecule has 6 heteroatoms. The van der Waals surface area contributed by atoms with Gasteiger partial charge in [0, 0.05) is 18.0 Å². The van der Waals surface area contributed by atoms with Crippen molar-refractivity contribution in [2.75, 3.05) is 0 Å². The Hall–Kier alpha value is -0.880. The minimum atomic E-state index is -0.446. The summed E-state index contributed by atoms with van der Waals surface area (Å²) in [6.45, 7) is 5.75. The topological polar surface area (TPSA) is 54.0 Å². The number of carbonyl (C=O) groups is 1. The molecular formula is C12H13Br2N3O. The second kappa shape index (κ2) is 4.66. The number of nitrogens with zero attached hydrogens (tertiary/aromatic N) is 1. The number of pyridine rings is 1. The summed E-state index contributed by atoms with van der Waals surface area (Å²) in [6, 6.07) is 3.64. The van der Waals surface area contributed by atoms with E-state index in [1.54, 1.807) is 12.4 Å². The number of carbonyl (C=O) groups excluding carboxylic acids is 1. The number of hydrazine groups is 1. The Morgan fingerprint density at radius 2 is 1.94 bits per heavy atom. The molecule has 18 heavy (non-hydrogen) atoms. The van der Waals surface area contributed by atoms with Crippen molar-refractivity contribution < 1.29 is 4.79 Å². The summed E-state index contributed by atoms with van der Waals surface area (Å²) < 4.78 is -0.295. The van der Waals surface area contributed by atoms with Crippen molar-refractivity contribution in [1.29, 1.82) is 0 Å². The number of amides is 1. The highest BCUT2D eigenvalue weighted by atomic mass is 79.9. The van der Waals surface area contributed by atoms with Gasteiger partial charge in [0.2, 0.25) is 5.91 Å². The number of aromatic nitrogens is 1. The summed E-state index contributed by atoms with van der Waals surface area (Å²) in [4.78, 5) is 15.9. The Morgan fingerprint density at radius 3 is 2.44 bits per heavy atom. The van der Waals surface area contributed by atoms with Crippen molar-refractivity contribution in [1.82, 2.24) is 15.8 Å². The van der Waals surface area contributed by atoms with E-state index >= 15 is 0 Å². The molecule has 0 aromatic carbocycles. The smallest absolute Gasteiger partial charge is 0.246 e. The maximum absolute atomic E-state index is 12.0. The highest BCUT2D eigenvalue weighted by Gasteiger charge is 2.66. The molecule has 0 radical (unpaired) electrons. The monoisotopic (exact) mass is 373 g/mol. The minimum absolute atomic E-state index is 0.0774. The molecule has 1 saturated carbocycles. The summed E-state index contributed by atoms with van der Waals surface area (Å²) in [5.41, 5.74) is 6.56. The van der Waals surface area contributed by atoms with Gasteiger partial charge in [-0.1, -0.05) is 38.4 Å². The predicted molar refractivity (Wildman–Crippen MR) is 77.9 cm³/mol. The van der Waals surface area contributed by atoms with Gasteiger partial charge in [-0.15, -0.1) is 0 Å². The van der Waals surface area contributed by atoms with Crippen LogP contribution in [-0.2, 0) is 4.79 Å². The predicted octanol–water partition coefficient (Wildman–Crippen LogP) is 2.57. The molecule has 1 aliphatic rings. The molecule has 0 bridgehead atoms. The van der Waals surface area contributed by atoms with E-state index in [1.165, 1.54) is 0 Å². The molecule has 2 N–H and O–H groups in total. The van der Waals surface area contributed by atoms with Gasteiger partial charge in [0.15, 0.2) is 0 Å². The number of halogens is 2. The van der Waals surface area contributed by atoms with E-state index in [0.29, 0.717) is 5.70 Å². The van der Waals surface area contributed by atoms with Crippen molar-refractivity contribution in [3.63, 3.8) is 0 Å². The lowest BCUT2D eigenvalue weighted by Crippen LogP contribution is -2.41. The Kier molecular flexibility index (Phi) is 3.51. The van der Waals surface area contributed by atoms with Crippen LogP contribution >= 0.6 is 31.9 Å². The van der Waals surface area contributed by atoms with Crippen LogP contribution in [0.1, 0.15) is 18.9 Å². The third-order valence-corrected chi connectivity index (χ3v) is 5.43. The molecule has 1 fully saturated rings.